The van der Waals surface area contributed by atoms with Crippen LogP contribution in [0.4, 0.5) is 0 Å². The number of carbonyl (C=O) groups excluding carboxylic acids is 1. The zero-order valence-corrected chi connectivity index (χ0v) is 9.34. The number of carbonyl (C=O) groups is 1. The lowest BCUT2D eigenvalue weighted by Crippen LogP contribution is -2.41. The SMILES string of the molecule is CN(CCc1cccnc1)C(=O)C(O)CN. The summed E-state index contributed by atoms with van der Waals surface area (Å²) < 4.78 is 0. The predicted octanol–water partition coefficient (Wildman–Crippen LogP) is -0.598. The Hall–Kier alpha value is -1.46. The zero-order chi connectivity index (χ0) is 12.0. The molecule has 0 bridgehead atoms. The summed E-state index contributed by atoms with van der Waals surface area (Å²) in [5, 5.41) is 9.27. The molecule has 3 N–H and O–H groups in total. The Morgan fingerprint density at radius 2 is 2.44 bits per heavy atom. The Kier molecular flexibility index (Phi) is 4.88. The minimum Gasteiger partial charge on any atom is -0.382 e. The van der Waals surface area contributed by atoms with E-state index in [1.807, 2.05) is 12.1 Å². The van der Waals surface area contributed by atoms with Crippen LogP contribution in [-0.2, 0) is 11.2 Å². The molecule has 5 nitrogen and oxygen atoms in total. The van der Waals surface area contributed by atoms with Crippen molar-refractivity contribution in [3.8, 4) is 0 Å². The average molecular weight is 223 g/mol. The van der Waals surface area contributed by atoms with Crippen LogP contribution >= 0.6 is 0 Å². The zero-order valence-electron chi connectivity index (χ0n) is 9.34. The Bertz CT molecular complexity index is 329. The molecule has 0 saturated heterocycles. The number of aromatic nitrogens is 1. The van der Waals surface area contributed by atoms with Crippen LogP contribution < -0.4 is 5.73 Å². The van der Waals surface area contributed by atoms with E-state index in [0.717, 1.165) is 5.56 Å². The van der Waals surface area contributed by atoms with E-state index < -0.39 is 6.10 Å². The molecule has 0 saturated carbocycles. The molecule has 88 valence electrons. The summed E-state index contributed by atoms with van der Waals surface area (Å²) in [7, 11) is 1.65. The Labute approximate surface area is 94.9 Å². The van der Waals surface area contributed by atoms with Gasteiger partial charge in [-0.2, -0.15) is 0 Å². The van der Waals surface area contributed by atoms with Gasteiger partial charge in [0.05, 0.1) is 0 Å². The second-order valence-corrected chi connectivity index (χ2v) is 3.62. The topological polar surface area (TPSA) is 79.5 Å². The molecular weight excluding hydrogens is 206 g/mol. The molecule has 0 aliphatic rings. The molecule has 0 aromatic carbocycles. The summed E-state index contributed by atoms with van der Waals surface area (Å²) in [5.41, 5.74) is 6.27. The molecular formula is C11H17N3O2. The highest BCUT2D eigenvalue weighted by Gasteiger charge is 2.17. The number of aliphatic hydroxyl groups is 1. The fourth-order valence-electron chi connectivity index (χ4n) is 1.31. The molecule has 0 spiro atoms. The molecule has 1 atom stereocenters. The number of aliphatic hydroxyl groups excluding tert-OH is 1. The van der Waals surface area contributed by atoms with Crippen molar-refractivity contribution in [2.24, 2.45) is 5.73 Å². The molecule has 1 aromatic rings. The second-order valence-electron chi connectivity index (χ2n) is 3.62. The first kappa shape index (κ1) is 12.6. The van der Waals surface area contributed by atoms with Gasteiger partial charge >= 0.3 is 0 Å². The lowest BCUT2D eigenvalue weighted by molar-refractivity contribution is -0.138. The van der Waals surface area contributed by atoms with Crippen LogP contribution in [0.25, 0.3) is 0 Å². The highest BCUT2D eigenvalue weighted by molar-refractivity contribution is 5.80. The Morgan fingerprint density at radius 3 is 3.00 bits per heavy atom. The minimum atomic E-state index is -1.10. The highest BCUT2D eigenvalue weighted by Crippen LogP contribution is 1.99. The van der Waals surface area contributed by atoms with Crippen LogP contribution in [0.1, 0.15) is 5.56 Å². The van der Waals surface area contributed by atoms with Gasteiger partial charge in [0.2, 0.25) is 0 Å². The quantitative estimate of drug-likeness (QED) is 0.698. The van der Waals surface area contributed by atoms with Gasteiger partial charge in [-0.15, -0.1) is 0 Å². The molecule has 0 aliphatic carbocycles. The van der Waals surface area contributed by atoms with Crippen molar-refractivity contribution in [2.75, 3.05) is 20.1 Å². The van der Waals surface area contributed by atoms with E-state index in [9.17, 15) is 9.90 Å². The molecule has 1 heterocycles. The van der Waals surface area contributed by atoms with E-state index in [1.54, 1.807) is 19.4 Å². The number of hydrogen-bond acceptors (Lipinski definition) is 4. The van der Waals surface area contributed by atoms with Gasteiger partial charge in [-0.3, -0.25) is 9.78 Å². The van der Waals surface area contributed by atoms with Gasteiger partial charge in [-0.1, -0.05) is 6.07 Å². The summed E-state index contributed by atoms with van der Waals surface area (Å²) in [5.74, 6) is -0.341. The third-order valence-corrected chi connectivity index (χ3v) is 2.34. The first-order chi connectivity index (χ1) is 7.65. The smallest absolute Gasteiger partial charge is 0.252 e. The third kappa shape index (κ3) is 3.60. The van der Waals surface area contributed by atoms with Crippen LogP contribution in [0.15, 0.2) is 24.5 Å². The summed E-state index contributed by atoms with van der Waals surface area (Å²) in [4.78, 5) is 16.9. The van der Waals surface area contributed by atoms with Crippen molar-refractivity contribution in [3.63, 3.8) is 0 Å². The van der Waals surface area contributed by atoms with E-state index >= 15 is 0 Å². The standard InChI is InChI=1S/C11H17N3O2/c1-14(11(16)10(15)7-12)6-4-9-3-2-5-13-8-9/h2-3,5,8,10,15H,4,6-7,12H2,1H3. The third-order valence-electron chi connectivity index (χ3n) is 2.34. The van der Waals surface area contributed by atoms with Crippen molar-refractivity contribution >= 4 is 5.91 Å². The number of nitrogens with two attached hydrogens (primary N) is 1. The summed E-state index contributed by atoms with van der Waals surface area (Å²) >= 11 is 0. The Morgan fingerprint density at radius 1 is 1.69 bits per heavy atom. The van der Waals surface area contributed by atoms with Gasteiger partial charge in [0.25, 0.3) is 5.91 Å². The molecule has 0 aliphatic heterocycles. The van der Waals surface area contributed by atoms with Crippen LogP contribution in [0.5, 0.6) is 0 Å². The van der Waals surface area contributed by atoms with Crippen molar-refractivity contribution in [1.82, 2.24) is 9.88 Å². The van der Waals surface area contributed by atoms with E-state index in [2.05, 4.69) is 4.98 Å². The lowest BCUT2D eigenvalue weighted by Gasteiger charge is -2.19. The maximum Gasteiger partial charge on any atom is 0.252 e. The molecule has 1 aromatic heterocycles. The number of nitrogens with zero attached hydrogens (tertiary/aromatic N) is 2. The minimum absolute atomic E-state index is 0.0456. The predicted molar refractivity (Wildman–Crippen MR) is 60.6 cm³/mol. The van der Waals surface area contributed by atoms with Crippen LogP contribution in [0.3, 0.4) is 0 Å². The monoisotopic (exact) mass is 223 g/mol. The van der Waals surface area contributed by atoms with Gasteiger partial charge in [0, 0.05) is 32.5 Å². The maximum absolute atomic E-state index is 11.5. The van der Waals surface area contributed by atoms with Gasteiger partial charge in [-0.05, 0) is 18.1 Å². The molecule has 1 unspecified atom stereocenters. The highest BCUT2D eigenvalue weighted by atomic mass is 16.3. The van der Waals surface area contributed by atoms with E-state index in [1.165, 1.54) is 4.90 Å². The average Bonchev–Trinajstić information content (AvgIpc) is 2.35. The summed E-state index contributed by atoms with van der Waals surface area (Å²) in [6.07, 6.45) is 3.08. The van der Waals surface area contributed by atoms with Gasteiger partial charge < -0.3 is 15.7 Å². The first-order valence-corrected chi connectivity index (χ1v) is 5.17. The van der Waals surface area contributed by atoms with Crippen LogP contribution in [-0.4, -0.2) is 47.1 Å². The second kappa shape index (κ2) is 6.19. The fourth-order valence-corrected chi connectivity index (χ4v) is 1.31. The summed E-state index contributed by atoms with van der Waals surface area (Å²) in [6.45, 7) is 0.498. The number of amides is 1. The van der Waals surface area contributed by atoms with Crippen molar-refractivity contribution in [3.05, 3.63) is 30.1 Å². The lowest BCUT2D eigenvalue weighted by atomic mass is 10.2. The van der Waals surface area contributed by atoms with Gasteiger partial charge in [0.15, 0.2) is 0 Å². The van der Waals surface area contributed by atoms with Gasteiger partial charge in [0.1, 0.15) is 6.10 Å². The molecule has 5 heteroatoms. The molecule has 0 radical (unpaired) electrons. The molecule has 0 fully saturated rings. The van der Waals surface area contributed by atoms with E-state index in [-0.39, 0.29) is 12.5 Å². The normalized spacial score (nSPS) is 12.2. The molecule has 16 heavy (non-hydrogen) atoms. The summed E-state index contributed by atoms with van der Waals surface area (Å²) in [6, 6.07) is 3.80. The number of rotatable bonds is 5. The number of pyridine rings is 1. The Balaban J connectivity index is 2.41. The van der Waals surface area contributed by atoms with Crippen molar-refractivity contribution < 1.29 is 9.90 Å². The largest absolute Gasteiger partial charge is 0.382 e. The number of hydrogen-bond donors (Lipinski definition) is 2. The maximum atomic E-state index is 11.5. The van der Waals surface area contributed by atoms with Crippen LogP contribution in [0, 0.1) is 0 Å². The van der Waals surface area contributed by atoms with E-state index in [0.29, 0.717) is 13.0 Å². The molecule has 1 rings (SSSR count). The van der Waals surface area contributed by atoms with Gasteiger partial charge in [-0.25, -0.2) is 0 Å². The number of likely N-dealkylation sites (N-methyl/N-ethyl adjacent to an activating group) is 1. The van der Waals surface area contributed by atoms with E-state index in [4.69, 9.17) is 5.73 Å². The fraction of sp³-hybridized carbons (Fsp3) is 0.455. The van der Waals surface area contributed by atoms with Crippen molar-refractivity contribution in [1.29, 1.82) is 0 Å². The van der Waals surface area contributed by atoms with Crippen molar-refractivity contribution in [2.45, 2.75) is 12.5 Å². The van der Waals surface area contributed by atoms with Crippen LogP contribution in [0.2, 0.25) is 0 Å². The first-order valence-electron chi connectivity index (χ1n) is 5.17. The molecule has 1 amide bonds.